The van der Waals surface area contributed by atoms with Gasteiger partial charge in [-0.05, 0) is 65.9 Å². The third-order valence-electron chi connectivity index (χ3n) is 8.96. The summed E-state index contributed by atoms with van der Waals surface area (Å²) in [5.74, 6) is -0.200. The highest BCUT2D eigenvalue weighted by atomic mass is 35.5. The Kier molecular flexibility index (Phi) is 11.6. The predicted octanol–water partition coefficient (Wildman–Crippen LogP) is 6.42. The number of likely N-dealkylation sites (tertiary alicyclic amines) is 1. The zero-order chi connectivity index (χ0) is 35.7. The number of benzene rings is 4. The summed E-state index contributed by atoms with van der Waals surface area (Å²) in [7, 11) is 0. The number of hydrogen-bond acceptors (Lipinski definition) is 8. The van der Waals surface area contributed by atoms with Crippen molar-refractivity contribution in [3.05, 3.63) is 124 Å². The smallest absolute Gasteiger partial charge is 0.411 e. The van der Waals surface area contributed by atoms with Gasteiger partial charge in [0.1, 0.15) is 11.9 Å². The summed E-state index contributed by atoms with van der Waals surface area (Å²) in [4.78, 5) is 42.1. The number of carbonyl (C=O) groups excluding carboxylic acids is 2. The summed E-state index contributed by atoms with van der Waals surface area (Å²) >= 11 is 6.44. The summed E-state index contributed by atoms with van der Waals surface area (Å²) < 4.78 is 5.74. The monoisotopic (exact) mass is 709 g/mol. The third-order valence-corrected chi connectivity index (χ3v) is 9.33. The standard InChI is InChI=1S/C39H40ClN5O6/c40-32-13-10-27(22-26(32)23-41-24-35(47)30-11-14-34(46)38-31(30)12-15-36(48)44-38)42-37(49)18-21-45-19-16-28(17-20-45)51-39(50)43-33-9-5-4-8-29(33)25-6-2-1-3-7-25/h1-15,22,28,35,41,46-47H,16-21,23-24H2,(H,42,49)(H,43,50)(H,44,48)/t35-/m1/s1. The van der Waals surface area contributed by atoms with Gasteiger partial charge in [-0.3, -0.25) is 14.9 Å². The van der Waals surface area contributed by atoms with Crippen LogP contribution in [0.2, 0.25) is 5.02 Å². The molecule has 51 heavy (non-hydrogen) atoms. The first kappa shape index (κ1) is 35.6. The number of fused-ring (bicyclic) bond motifs is 1. The molecule has 1 aliphatic heterocycles. The van der Waals surface area contributed by atoms with Crippen molar-refractivity contribution in [2.75, 3.05) is 36.8 Å². The molecule has 0 spiro atoms. The summed E-state index contributed by atoms with van der Waals surface area (Å²) in [5, 5.41) is 31.1. The van der Waals surface area contributed by atoms with Gasteiger partial charge in [0.2, 0.25) is 11.5 Å². The number of aliphatic hydroxyl groups is 1. The number of H-pyrrole nitrogens is 1. The third kappa shape index (κ3) is 9.33. The van der Waals surface area contributed by atoms with E-state index in [9.17, 15) is 24.6 Å². The fraction of sp³-hybridized carbons (Fsp3) is 0.256. The fourth-order valence-corrected chi connectivity index (χ4v) is 6.46. The van der Waals surface area contributed by atoms with Crippen molar-refractivity contribution in [1.82, 2.24) is 15.2 Å². The van der Waals surface area contributed by atoms with E-state index in [1.165, 1.54) is 12.1 Å². The maximum atomic E-state index is 12.8. The second kappa shape index (κ2) is 16.7. The van der Waals surface area contributed by atoms with Crippen molar-refractivity contribution in [3.8, 4) is 16.9 Å². The van der Waals surface area contributed by atoms with Crippen LogP contribution in [0.25, 0.3) is 22.0 Å². The summed E-state index contributed by atoms with van der Waals surface area (Å²) in [6.45, 7) is 2.52. The van der Waals surface area contributed by atoms with E-state index in [1.807, 2.05) is 54.6 Å². The number of anilines is 2. The molecule has 6 N–H and O–H groups in total. The quantitative estimate of drug-likeness (QED) is 0.0867. The second-order valence-corrected chi connectivity index (χ2v) is 12.9. The number of aromatic hydroxyl groups is 1. The van der Waals surface area contributed by atoms with E-state index in [0.717, 1.165) is 16.7 Å². The molecule has 6 rings (SSSR count). The van der Waals surface area contributed by atoms with Crippen LogP contribution in [0.3, 0.4) is 0 Å². The molecule has 1 fully saturated rings. The number of ether oxygens (including phenoxy) is 1. The minimum absolute atomic E-state index is 0.0739. The number of nitrogens with one attached hydrogen (secondary N) is 4. The first-order chi connectivity index (χ1) is 24.7. The zero-order valence-electron chi connectivity index (χ0n) is 27.9. The number of aromatic nitrogens is 1. The van der Waals surface area contributed by atoms with Gasteiger partial charge in [0.25, 0.3) is 0 Å². The number of para-hydroxylation sites is 1. The number of aliphatic hydroxyl groups excluding tert-OH is 1. The van der Waals surface area contributed by atoms with Crippen molar-refractivity contribution < 1.29 is 24.5 Å². The van der Waals surface area contributed by atoms with Crippen LogP contribution in [-0.4, -0.2) is 64.4 Å². The van der Waals surface area contributed by atoms with E-state index in [2.05, 4.69) is 25.8 Å². The fourth-order valence-electron chi connectivity index (χ4n) is 6.28. The van der Waals surface area contributed by atoms with E-state index in [-0.39, 0.29) is 35.4 Å². The SMILES string of the molecule is O=C(CCN1CCC(OC(=O)Nc2ccccc2-c2ccccc2)CC1)Nc1ccc(Cl)c(CNC[C@@H](O)c2ccc(O)c3[nH]c(=O)ccc23)c1. The van der Waals surface area contributed by atoms with Crippen molar-refractivity contribution in [2.24, 2.45) is 0 Å². The topological polar surface area (TPSA) is 156 Å². The Morgan fingerprint density at radius 3 is 2.51 bits per heavy atom. The van der Waals surface area contributed by atoms with Gasteiger partial charge in [-0.15, -0.1) is 0 Å². The molecular formula is C39H40ClN5O6. The minimum Gasteiger partial charge on any atom is -0.506 e. The van der Waals surface area contributed by atoms with E-state index < -0.39 is 12.2 Å². The number of hydrogen-bond donors (Lipinski definition) is 6. The van der Waals surface area contributed by atoms with Crippen LogP contribution in [0, 0.1) is 0 Å². The molecule has 1 aromatic heterocycles. The van der Waals surface area contributed by atoms with Crippen LogP contribution in [0.5, 0.6) is 5.75 Å². The Balaban J connectivity index is 0.926. The molecule has 1 aliphatic rings. The lowest BCUT2D eigenvalue weighted by molar-refractivity contribution is -0.116. The largest absolute Gasteiger partial charge is 0.506 e. The van der Waals surface area contributed by atoms with Gasteiger partial charge >= 0.3 is 6.09 Å². The highest BCUT2D eigenvalue weighted by molar-refractivity contribution is 6.31. The highest BCUT2D eigenvalue weighted by Gasteiger charge is 2.23. The van der Waals surface area contributed by atoms with Crippen LogP contribution < -0.4 is 21.5 Å². The number of piperidine rings is 1. The molecule has 12 heteroatoms. The number of amides is 2. The molecule has 0 radical (unpaired) electrons. The van der Waals surface area contributed by atoms with Crippen LogP contribution in [0.4, 0.5) is 16.2 Å². The van der Waals surface area contributed by atoms with E-state index in [4.69, 9.17) is 16.3 Å². The van der Waals surface area contributed by atoms with Gasteiger partial charge in [0.05, 0.1) is 17.3 Å². The van der Waals surface area contributed by atoms with Crippen molar-refractivity contribution in [2.45, 2.75) is 38.0 Å². The van der Waals surface area contributed by atoms with E-state index in [0.29, 0.717) is 72.8 Å². The Morgan fingerprint density at radius 1 is 0.941 bits per heavy atom. The molecule has 0 saturated carbocycles. The molecule has 2 heterocycles. The van der Waals surface area contributed by atoms with E-state index in [1.54, 1.807) is 30.3 Å². The number of nitrogens with zero attached hydrogens (tertiary/aromatic N) is 1. The van der Waals surface area contributed by atoms with Gasteiger partial charge in [0, 0.05) is 66.9 Å². The Bertz CT molecular complexity index is 2050. The number of carbonyl (C=O) groups is 2. The number of rotatable bonds is 12. The number of aromatic amines is 1. The lowest BCUT2D eigenvalue weighted by Crippen LogP contribution is -2.39. The number of phenolic OH excluding ortho intramolecular Hbond substituents is 1. The first-order valence-corrected chi connectivity index (χ1v) is 17.3. The Morgan fingerprint density at radius 2 is 1.71 bits per heavy atom. The molecule has 0 aliphatic carbocycles. The number of halogens is 1. The Labute approximate surface area is 300 Å². The van der Waals surface area contributed by atoms with Gasteiger partial charge in [-0.1, -0.05) is 66.2 Å². The van der Waals surface area contributed by atoms with Crippen LogP contribution in [0.1, 0.15) is 36.5 Å². The molecule has 0 unspecified atom stereocenters. The number of phenols is 1. The minimum atomic E-state index is -0.920. The lowest BCUT2D eigenvalue weighted by Gasteiger charge is -2.31. The predicted molar refractivity (Wildman–Crippen MR) is 199 cm³/mol. The van der Waals surface area contributed by atoms with Crippen LogP contribution in [0.15, 0.2) is 102 Å². The van der Waals surface area contributed by atoms with E-state index >= 15 is 0 Å². The Hall–Kier alpha value is -5.20. The van der Waals surface area contributed by atoms with Crippen LogP contribution in [-0.2, 0) is 16.1 Å². The van der Waals surface area contributed by atoms with Gasteiger partial charge in [-0.25, -0.2) is 4.79 Å². The first-order valence-electron chi connectivity index (χ1n) is 16.9. The molecule has 4 aromatic carbocycles. The molecule has 1 saturated heterocycles. The zero-order valence-corrected chi connectivity index (χ0v) is 28.7. The molecule has 5 aromatic rings. The normalized spacial score (nSPS) is 14.2. The second-order valence-electron chi connectivity index (χ2n) is 12.5. The van der Waals surface area contributed by atoms with Gasteiger partial charge in [-0.2, -0.15) is 0 Å². The average molecular weight is 710 g/mol. The van der Waals surface area contributed by atoms with Crippen LogP contribution >= 0.6 is 11.6 Å². The summed E-state index contributed by atoms with van der Waals surface area (Å²) in [6, 6.07) is 28.7. The molecule has 2 amide bonds. The average Bonchev–Trinajstić information content (AvgIpc) is 3.13. The molecule has 264 valence electrons. The number of pyridine rings is 1. The maximum Gasteiger partial charge on any atom is 0.411 e. The molecule has 1 atom stereocenters. The summed E-state index contributed by atoms with van der Waals surface area (Å²) in [6.07, 6.45) is 0.0648. The van der Waals surface area contributed by atoms with Gasteiger partial charge in [0.15, 0.2) is 0 Å². The van der Waals surface area contributed by atoms with Crippen molar-refractivity contribution >= 4 is 45.9 Å². The molecule has 11 nitrogen and oxygen atoms in total. The van der Waals surface area contributed by atoms with Crippen molar-refractivity contribution in [1.29, 1.82) is 0 Å². The molecule has 0 bridgehead atoms. The van der Waals surface area contributed by atoms with Gasteiger partial charge < -0.3 is 35.5 Å². The lowest BCUT2D eigenvalue weighted by atomic mass is 10.0. The van der Waals surface area contributed by atoms with Crippen molar-refractivity contribution in [3.63, 3.8) is 0 Å². The highest BCUT2D eigenvalue weighted by Crippen LogP contribution is 2.30. The molecular weight excluding hydrogens is 670 g/mol. The maximum absolute atomic E-state index is 12.8. The summed E-state index contributed by atoms with van der Waals surface area (Å²) in [5.41, 5.74) is 4.46.